The topological polar surface area (TPSA) is 43.1 Å². The molecule has 3 aromatic carbocycles. The van der Waals surface area contributed by atoms with Crippen molar-refractivity contribution in [1.29, 1.82) is 0 Å². The second kappa shape index (κ2) is 8.65. The Bertz CT molecular complexity index is 1330. The average Bonchev–Trinajstić information content (AvgIpc) is 3.21. The molecule has 0 radical (unpaired) electrons. The van der Waals surface area contributed by atoms with Crippen LogP contribution in [-0.2, 0) is 5.75 Å². The van der Waals surface area contributed by atoms with Gasteiger partial charge < -0.3 is 0 Å². The van der Waals surface area contributed by atoms with Gasteiger partial charge in [-0.2, -0.15) is 9.50 Å². The molecule has 0 atom stereocenters. The summed E-state index contributed by atoms with van der Waals surface area (Å²) in [6.45, 7) is 1.99. The molecule has 0 saturated carbocycles. The zero-order valence-electron chi connectivity index (χ0n) is 16.9. The maximum Gasteiger partial charge on any atom is 0.253 e. The number of hydrogen-bond acceptors (Lipinski definition) is 4. The SMILES string of the molecule is Cc1cc(-c2ccc(-c3ccccc3)cc2)n2nc(SCc3ccc(Br)cc3)nc2n1. The van der Waals surface area contributed by atoms with E-state index in [1.807, 2.05) is 17.5 Å². The van der Waals surface area contributed by atoms with Gasteiger partial charge in [0.05, 0.1) is 5.69 Å². The fraction of sp³-hybridized carbons (Fsp3) is 0.0800. The van der Waals surface area contributed by atoms with Crippen LogP contribution in [0.15, 0.2) is 94.6 Å². The summed E-state index contributed by atoms with van der Waals surface area (Å²) < 4.78 is 2.92. The molecule has 0 spiro atoms. The van der Waals surface area contributed by atoms with Gasteiger partial charge in [-0.25, -0.2) is 4.98 Å². The van der Waals surface area contributed by atoms with E-state index in [-0.39, 0.29) is 0 Å². The van der Waals surface area contributed by atoms with Gasteiger partial charge >= 0.3 is 0 Å². The zero-order chi connectivity index (χ0) is 21.2. The summed E-state index contributed by atoms with van der Waals surface area (Å²) in [6.07, 6.45) is 0. The molecule has 6 heteroatoms. The molecule has 152 valence electrons. The number of hydrogen-bond donors (Lipinski definition) is 0. The van der Waals surface area contributed by atoms with Crippen LogP contribution in [0, 0.1) is 6.92 Å². The Balaban J connectivity index is 1.45. The van der Waals surface area contributed by atoms with E-state index in [2.05, 4.69) is 105 Å². The number of fused-ring (bicyclic) bond motifs is 1. The number of thioether (sulfide) groups is 1. The first kappa shape index (κ1) is 20.0. The lowest BCUT2D eigenvalue weighted by molar-refractivity contribution is 0.882. The Kier molecular flexibility index (Phi) is 5.57. The van der Waals surface area contributed by atoms with Crippen molar-refractivity contribution in [3.8, 4) is 22.4 Å². The lowest BCUT2D eigenvalue weighted by atomic mass is 10.0. The van der Waals surface area contributed by atoms with Crippen LogP contribution in [0.3, 0.4) is 0 Å². The maximum atomic E-state index is 4.74. The van der Waals surface area contributed by atoms with Crippen molar-refractivity contribution < 1.29 is 0 Å². The summed E-state index contributed by atoms with van der Waals surface area (Å²) >= 11 is 5.09. The smallest absolute Gasteiger partial charge is 0.216 e. The Labute approximate surface area is 193 Å². The van der Waals surface area contributed by atoms with Gasteiger partial charge in [0.1, 0.15) is 0 Å². The predicted molar refractivity (Wildman–Crippen MR) is 130 cm³/mol. The highest BCUT2D eigenvalue weighted by molar-refractivity contribution is 9.10. The third-order valence-electron chi connectivity index (χ3n) is 4.99. The summed E-state index contributed by atoms with van der Waals surface area (Å²) in [5.41, 5.74) is 6.63. The van der Waals surface area contributed by atoms with E-state index >= 15 is 0 Å². The number of halogens is 1. The summed E-state index contributed by atoms with van der Waals surface area (Å²) in [5.74, 6) is 1.44. The molecule has 31 heavy (non-hydrogen) atoms. The van der Waals surface area contributed by atoms with E-state index in [1.54, 1.807) is 11.8 Å². The molecule has 0 aliphatic rings. The first-order chi connectivity index (χ1) is 15.2. The second-order valence-corrected chi connectivity index (χ2v) is 9.11. The van der Waals surface area contributed by atoms with Crippen molar-refractivity contribution in [3.05, 3.63) is 101 Å². The minimum Gasteiger partial charge on any atom is -0.216 e. The monoisotopic (exact) mass is 486 g/mol. The van der Waals surface area contributed by atoms with Gasteiger partial charge in [-0.1, -0.05) is 94.4 Å². The first-order valence-electron chi connectivity index (χ1n) is 9.93. The molecule has 0 aliphatic heterocycles. The standard InChI is InChI=1S/C25H19BrN4S/c1-17-15-23(21-11-9-20(10-12-21)19-5-3-2-4-6-19)30-24(27-17)28-25(29-30)31-16-18-7-13-22(26)14-8-18/h2-15H,16H2,1H3. The fourth-order valence-corrected chi connectivity index (χ4v) is 4.47. The van der Waals surface area contributed by atoms with E-state index in [4.69, 9.17) is 5.10 Å². The average molecular weight is 487 g/mol. The van der Waals surface area contributed by atoms with Crippen LogP contribution in [-0.4, -0.2) is 19.6 Å². The molecule has 0 unspecified atom stereocenters. The normalized spacial score (nSPS) is 11.2. The Morgan fingerprint density at radius 2 is 1.48 bits per heavy atom. The zero-order valence-corrected chi connectivity index (χ0v) is 19.3. The quantitative estimate of drug-likeness (QED) is 0.255. The van der Waals surface area contributed by atoms with E-state index < -0.39 is 0 Å². The predicted octanol–water partition coefficient (Wildman–Crippen LogP) is 6.82. The van der Waals surface area contributed by atoms with Crippen LogP contribution < -0.4 is 0 Å². The maximum absolute atomic E-state index is 4.74. The minimum absolute atomic E-state index is 0.625. The molecule has 5 aromatic rings. The van der Waals surface area contributed by atoms with Crippen molar-refractivity contribution in [2.75, 3.05) is 0 Å². The largest absolute Gasteiger partial charge is 0.253 e. The van der Waals surface area contributed by atoms with Crippen LogP contribution in [0.25, 0.3) is 28.2 Å². The van der Waals surface area contributed by atoms with Gasteiger partial charge in [0.15, 0.2) is 0 Å². The number of benzene rings is 3. The van der Waals surface area contributed by atoms with Crippen molar-refractivity contribution in [3.63, 3.8) is 0 Å². The molecule has 4 nitrogen and oxygen atoms in total. The Morgan fingerprint density at radius 1 is 0.806 bits per heavy atom. The Morgan fingerprint density at radius 3 is 2.23 bits per heavy atom. The van der Waals surface area contributed by atoms with E-state index in [0.717, 1.165) is 32.3 Å². The highest BCUT2D eigenvalue weighted by Crippen LogP contribution is 2.27. The van der Waals surface area contributed by atoms with Crippen LogP contribution in [0.1, 0.15) is 11.3 Å². The van der Waals surface area contributed by atoms with Gasteiger partial charge in [-0.15, -0.1) is 5.10 Å². The summed E-state index contributed by atoms with van der Waals surface area (Å²) in [6, 6.07) is 29.3. The molecular formula is C25H19BrN4S. The van der Waals surface area contributed by atoms with Crippen LogP contribution >= 0.6 is 27.7 Å². The fourth-order valence-electron chi connectivity index (χ4n) is 3.43. The number of nitrogens with zero attached hydrogens (tertiary/aromatic N) is 4. The summed E-state index contributed by atoms with van der Waals surface area (Å²) in [5, 5.41) is 5.47. The molecule has 0 fully saturated rings. The third-order valence-corrected chi connectivity index (χ3v) is 6.43. The summed E-state index contributed by atoms with van der Waals surface area (Å²) in [4.78, 5) is 9.24. The van der Waals surface area contributed by atoms with Gasteiger partial charge in [0.2, 0.25) is 5.16 Å². The second-order valence-electron chi connectivity index (χ2n) is 7.25. The van der Waals surface area contributed by atoms with Gasteiger partial charge in [-0.3, -0.25) is 0 Å². The van der Waals surface area contributed by atoms with E-state index in [9.17, 15) is 0 Å². The molecule has 0 saturated heterocycles. The Hall–Kier alpha value is -2.96. The van der Waals surface area contributed by atoms with Crippen molar-refractivity contribution in [2.24, 2.45) is 0 Å². The molecule has 0 N–H and O–H groups in total. The molecule has 0 aliphatic carbocycles. The third kappa shape index (κ3) is 4.40. The van der Waals surface area contributed by atoms with Crippen LogP contribution in [0.2, 0.25) is 0 Å². The van der Waals surface area contributed by atoms with Crippen LogP contribution in [0.4, 0.5) is 0 Å². The molecule has 0 amide bonds. The molecule has 0 bridgehead atoms. The van der Waals surface area contributed by atoms with Gasteiger partial charge in [0.25, 0.3) is 5.78 Å². The highest BCUT2D eigenvalue weighted by Gasteiger charge is 2.12. The highest BCUT2D eigenvalue weighted by atomic mass is 79.9. The minimum atomic E-state index is 0.625. The van der Waals surface area contributed by atoms with Crippen LogP contribution in [0.5, 0.6) is 0 Å². The van der Waals surface area contributed by atoms with Gasteiger partial charge in [-0.05, 0) is 41.8 Å². The van der Waals surface area contributed by atoms with E-state index in [1.165, 1.54) is 16.7 Å². The molecule has 2 aromatic heterocycles. The van der Waals surface area contributed by atoms with Crippen molar-refractivity contribution >= 4 is 33.5 Å². The summed E-state index contributed by atoms with van der Waals surface area (Å²) in [7, 11) is 0. The van der Waals surface area contributed by atoms with Gasteiger partial charge in [0, 0.05) is 21.5 Å². The molecular weight excluding hydrogens is 468 g/mol. The molecule has 2 heterocycles. The first-order valence-corrected chi connectivity index (χ1v) is 11.7. The van der Waals surface area contributed by atoms with E-state index in [0.29, 0.717) is 5.78 Å². The number of aryl methyl sites for hydroxylation is 1. The van der Waals surface area contributed by atoms with Crippen molar-refractivity contribution in [1.82, 2.24) is 19.6 Å². The lowest BCUT2D eigenvalue weighted by Crippen LogP contribution is -1.98. The molecule has 5 rings (SSSR count). The number of rotatable bonds is 5. The number of aromatic nitrogens is 4. The lowest BCUT2D eigenvalue weighted by Gasteiger charge is -2.07. The van der Waals surface area contributed by atoms with Crippen molar-refractivity contribution in [2.45, 2.75) is 17.8 Å².